The molecule has 1 unspecified atom stereocenters. The number of hydrogen-bond donors (Lipinski definition) is 1. The first-order valence-corrected chi connectivity index (χ1v) is 7.72. The normalized spacial score (nSPS) is 13.8. The lowest BCUT2D eigenvalue weighted by molar-refractivity contribution is 0.427. The van der Waals surface area contributed by atoms with E-state index in [-0.39, 0.29) is 5.88 Å². The number of nitrogen functional groups attached to an aromatic ring is 1. The van der Waals surface area contributed by atoms with Crippen molar-refractivity contribution < 1.29 is 12.9 Å². The van der Waals surface area contributed by atoms with E-state index in [1.54, 1.807) is 6.92 Å². The van der Waals surface area contributed by atoms with Crippen molar-refractivity contribution in [3.05, 3.63) is 23.2 Å². The van der Waals surface area contributed by atoms with Crippen molar-refractivity contribution in [3.63, 3.8) is 0 Å². The Bertz CT molecular complexity index is 614. The molecular weight excluding hydrogens is 260 g/mol. The second-order valence-electron chi connectivity index (χ2n) is 3.76. The second kappa shape index (κ2) is 4.15. The van der Waals surface area contributed by atoms with Gasteiger partial charge >= 0.3 is 0 Å². The molecule has 2 aromatic rings. The SMILES string of the molecule is CC(c1noc(N)c1-c1cccs1)S(C)(=O)=O. The summed E-state index contributed by atoms with van der Waals surface area (Å²) in [6.07, 6.45) is 1.17. The van der Waals surface area contributed by atoms with Gasteiger partial charge in [0.1, 0.15) is 10.9 Å². The van der Waals surface area contributed by atoms with Crippen molar-refractivity contribution in [1.29, 1.82) is 0 Å². The zero-order valence-electron chi connectivity index (χ0n) is 9.38. The third kappa shape index (κ3) is 2.20. The van der Waals surface area contributed by atoms with E-state index in [1.807, 2.05) is 17.5 Å². The van der Waals surface area contributed by atoms with Gasteiger partial charge in [-0.15, -0.1) is 11.3 Å². The molecule has 1 atom stereocenters. The number of aromatic nitrogens is 1. The summed E-state index contributed by atoms with van der Waals surface area (Å²) in [4.78, 5) is 0.856. The summed E-state index contributed by atoms with van der Waals surface area (Å²) in [5.41, 5.74) is 6.65. The van der Waals surface area contributed by atoms with Crippen molar-refractivity contribution in [2.24, 2.45) is 0 Å². The highest BCUT2D eigenvalue weighted by Gasteiger charge is 2.27. The fourth-order valence-corrected chi connectivity index (χ4v) is 2.81. The number of anilines is 1. The summed E-state index contributed by atoms with van der Waals surface area (Å²) in [6, 6.07) is 3.72. The van der Waals surface area contributed by atoms with Crippen LogP contribution < -0.4 is 5.73 Å². The number of nitrogens with two attached hydrogens (primary N) is 1. The topological polar surface area (TPSA) is 86.2 Å². The van der Waals surface area contributed by atoms with Crippen LogP contribution in [0.3, 0.4) is 0 Å². The Kier molecular flexibility index (Phi) is 2.96. The van der Waals surface area contributed by atoms with Crippen LogP contribution in [0.25, 0.3) is 10.4 Å². The highest BCUT2D eigenvalue weighted by atomic mass is 32.2. The second-order valence-corrected chi connectivity index (χ2v) is 7.07. The molecule has 0 radical (unpaired) electrons. The first-order chi connectivity index (χ1) is 7.91. The van der Waals surface area contributed by atoms with Crippen LogP contribution >= 0.6 is 11.3 Å². The van der Waals surface area contributed by atoms with Crippen molar-refractivity contribution in [2.45, 2.75) is 12.2 Å². The number of hydrogen-bond acceptors (Lipinski definition) is 6. The molecule has 2 aromatic heterocycles. The minimum Gasteiger partial charge on any atom is -0.367 e. The summed E-state index contributed by atoms with van der Waals surface area (Å²) in [5, 5.41) is 4.92. The van der Waals surface area contributed by atoms with Crippen molar-refractivity contribution in [1.82, 2.24) is 5.16 Å². The molecule has 5 nitrogen and oxygen atoms in total. The predicted molar refractivity (Wildman–Crippen MR) is 67.5 cm³/mol. The number of thiophene rings is 1. The highest BCUT2D eigenvalue weighted by Crippen LogP contribution is 2.37. The van der Waals surface area contributed by atoms with Gasteiger partial charge in [0.25, 0.3) is 0 Å². The maximum Gasteiger partial charge on any atom is 0.231 e. The van der Waals surface area contributed by atoms with Gasteiger partial charge in [0.2, 0.25) is 5.88 Å². The molecule has 0 fully saturated rings. The minimum absolute atomic E-state index is 0.151. The van der Waals surface area contributed by atoms with Crippen LogP contribution in [0, 0.1) is 0 Å². The molecule has 0 aliphatic rings. The summed E-state index contributed by atoms with van der Waals surface area (Å²) in [5.74, 6) is 0.151. The summed E-state index contributed by atoms with van der Waals surface area (Å²) < 4.78 is 28.0. The van der Waals surface area contributed by atoms with Gasteiger partial charge < -0.3 is 10.3 Å². The lowest BCUT2D eigenvalue weighted by Gasteiger charge is -2.06. The molecule has 92 valence electrons. The van der Waals surface area contributed by atoms with Crippen LogP contribution in [0.15, 0.2) is 22.0 Å². The van der Waals surface area contributed by atoms with Crippen LogP contribution in [-0.4, -0.2) is 19.8 Å². The highest BCUT2D eigenvalue weighted by molar-refractivity contribution is 7.90. The zero-order valence-corrected chi connectivity index (χ0v) is 11.0. The first-order valence-electron chi connectivity index (χ1n) is 4.89. The molecule has 0 amide bonds. The minimum atomic E-state index is -3.23. The van der Waals surface area contributed by atoms with E-state index in [4.69, 9.17) is 10.3 Å². The molecule has 2 rings (SSSR count). The molecule has 7 heteroatoms. The summed E-state index contributed by atoms with van der Waals surface area (Å²) >= 11 is 1.46. The average Bonchev–Trinajstić information content (AvgIpc) is 2.83. The van der Waals surface area contributed by atoms with Crippen LogP contribution in [0.4, 0.5) is 5.88 Å². The molecule has 0 bridgehead atoms. The van der Waals surface area contributed by atoms with Gasteiger partial charge in [-0.2, -0.15) is 0 Å². The first kappa shape index (κ1) is 12.1. The fourth-order valence-electron chi connectivity index (χ4n) is 1.46. The van der Waals surface area contributed by atoms with Gasteiger partial charge in [-0.3, -0.25) is 0 Å². The zero-order chi connectivity index (χ0) is 12.6. The van der Waals surface area contributed by atoms with E-state index >= 15 is 0 Å². The van der Waals surface area contributed by atoms with E-state index in [9.17, 15) is 8.42 Å². The quantitative estimate of drug-likeness (QED) is 0.924. The van der Waals surface area contributed by atoms with Crippen molar-refractivity contribution >= 4 is 27.1 Å². The Morgan fingerprint density at radius 1 is 1.53 bits per heavy atom. The van der Waals surface area contributed by atoms with E-state index in [0.717, 1.165) is 4.88 Å². The Morgan fingerprint density at radius 3 is 2.76 bits per heavy atom. The van der Waals surface area contributed by atoms with Gasteiger partial charge in [0.15, 0.2) is 9.84 Å². The third-order valence-electron chi connectivity index (χ3n) is 2.54. The summed E-state index contributed by atoms with van der Waals surface area (Å²) in [6.45, 7) is 1.57. The van der Waals surface area contributed by atoms with Crippen LogP contribution in [0.5, 0.6) is 0 Å². The molecule has 0 saturated heterocycles. The Balaban J connectivity index is 2.58. The molecule has 0 saturated carbocycles. The molecule has 0 aliphatic heterocycles. The smallest absolute Gasteiger partial charge is 0.231 e. The van der Waals surface area contributed by atoms with E-state index < -0.39 is 15.1 Å². The molecule has 2 heterocycles. The van der Waals surface area contributed by atoms with E-state index in [0.29, 0.717) is 11.3 Å². The fraction of sp³-hybridized carbons (Fsp3) is 0.300. The summed E-state index contributed by atoms with van der Waals surface area (Å²) in [7, 11) is -3.23. The lowest BCUT2D eigenvalue weighted by Crippen LogP contribution is -2.09. The molecule has 0 spiro atoms. The van der Waals surface area contributed by atoms with E-state index in [1.165, 1.54) is 17.6 Å². The average molecular weight is 272 g/mol. The Morgan fingerprint density at radius 2 is 2.24 bits per heavy atom. The standard InChI is InChI=1S/C10H12N2O3S2/c1-6(17(2,13)14)9-8(10(11)15-12-9)7-4-3-5-16-7/h3-6H,11H2,1-2H3. The van der Waals surface area contributed by atoms with Crippen molar-refractivity contribution in [3.8, 4) is 10.4 Å². The molecule has 2 N–H and O–H groups in total. The lowest BCUT2D eigenvalue weighted by atomic mass is 10.1. The maximum absolute atomic E-state index is 11.5. The molecule has 0 aliphatic carbocycles. The third-order valence-corrected chi connectivity index (χ3v) is 4.93. The monoisotopic (exact) mass is 272 g/mol. The van der Waals surface area contributed by atoms with Gasteiger partial charge in [-0.05, 0) is 18.4 Å². The number of nitrogens with zero attached hydrogens (tertiary/aromatic N) is 1. The predicted octanol–water partition coefficient (Wildman–Crippen LogP) is 2.09. The van der Waals surface area contributed by atoms with Gasteiger partial charge in [-0.25, -0.2) is 8.42 Å². The Labute approximate surface area is 103 Å². The largest absolute Gasteiger partial charge is 0.367 e. The van der Waals surface area contributed by atoms with Gasteiger partial charge in [-0.1, -0.05) is 11.2 Å². The molecular formula is C10H12N2O3S2. The molecule has 17 heavy (non-hydrogen) atoms. The maximum atomic E-state index is 11.5. The Hall–Kier alpha value is -1.34. The van der Waals surface area contributed by atoms with Crippen LogP contribution in [0.1, 0.15) is 17.9 Å². The molecule has 0 aromatic carbocycles. The number of sulfone groups is 1. The van der Waals surface area contributed by atoms with Crippen LogP contribution in [0.2, 0.25) is 0 Å². The number of rotatable bonds is 3. The van der Waals surface area contributed by atoms with Gasteiger partial charge in [0.05, 0.1) is 5.56 Å². The van der Waals surface area contributed by atoms with Crippen molar-refractivity contribution in [2.75, 3.05) is 12.0 Å². The van der Waals surface area contributed by atoms with Crippen LogP contribution in [-0.2, 0) is 9.84 Å². The van der Waals surface area contributed by atoms with E-state index in [2.05, 4.69) is 5.16 Å². The van der Waals surface area contributed by atoms with Gasteiger partial charge in [0, 0.05) is 11.1 Å².